The number of halogens is 1. The van der Waals surface area contributed by atoms with Crippen molar-refractivity contribution in [3.05, 3.63) is 124 Å². The van der Waals surface area contributed by atoms with E-state index in [9.17, 15) is 14.7 Å². The number of aromatic carboxylic acids is 1. The first-order chi connectivity index (χ1) is 18.5. The highest BCUT2D eigenvalue weighted by Crippen LogP contribution is 2.48. The fourth-order valence-corrected chi connectivity index (χ4v) is 4.79. The van der Waals surface area contributed by atoms with Crippen LogP contribution in [0.4, 0.5) is 22.9 Å². The van der Waals surface area contributed by atoms with Gasteiger partial charge in [0.25, 0.3) is 11.4 Å². The maximum Gasteiger partial charge on any atom is 0.335 e. The number of nitrogens with zero attached hydrogens (tertiary/aromatic N) is 3. The number of carboxylic acids is 1. The molecule has 1 aliphatic rings. The number of aromatic nitrogens is 2. The highest BCUT2D eigenvalue weighted by atomic mass is 35.5. The van der Waals surface area contributed by atoms with Crippen molar-refractivity contribution >= 4 is 46.8 Å². The second-order valence-corrected chi connectivity index (χ2v) is 9.27. The summed E-state index contributed by atoms with van der Waals surface area (Å²) >= 11 is 6.18. The summed E-state index contributed by atoms with van der Waals surface area (Å²) in [6, 6.07) is 31.4. The molecule has 1 aliphatic heterocycles. The molecule has 0 amide bonds. The molecule has 7 nitrogen and oxygen atoms in total. The quantitative estimate of drug-likeness (QED) is 0.242. The predicted octanol–water partition coefficient (Wildman–Crippen LogP) is 7.10. The zero-order chi connectivity index (χ0) is 26.3. The van der Waals surface area contributed by atoms with Gasteiger partial charge in [-0.1, -0.05) is 72.3 Å². The lowest BCUT2D eigenvalue weighted by Gasteiger charge is -2.29. The second kappa shape index (κ2) is 9.23. The Labute approximate surface area is 222 Å². The second-order valence-electron chi connectivity index (χ2n) is 8.83. The van der Waals surface area contributed by atoms with Crippen LogP contribution in [-0.4, -0.2) is 27.4 Å². The third kappa shape index (κ3) is 3.91. The van der Waals surface area contributed by atoms with Gasteiger partial charge in [-0.05, 0) is 29.3 Å². The largest absolute Gasteiger partial charge is 0.478 e. The Balaban J connectivity index is 1.54. The molecule has 38 heavy (non-hydrogen) atoms. The van der Waals surface area contributed by atoms with Crippen molar-refractivity contribution in [2.75, 3.05) is 0 Å². The van der Waals surface area contributed by atoms with Gasteiger partial charge in [0.05, 0.1) is 5.56 Å². The van der Waals surface area contributed by atoms with Crippen molar-refractivity contribution in [3.63, 3.8) is 0 Å². The van der Waals surface area contributed by atoms with Crippen molar-refractivity contribution < 1.29 is 9.90 Å². The minimum absolute atomic E-state index is 0.109. The molecule has 8 heteroatoms. The van der Waals surface area contributed by atoms with Crippen LogP contribution in [0.1, 0.15) is 10.4 Å². The third-order valence-electron chi connectivity index (χ3n) is 6.57. The number of aliphatic imine (C=N–C) groups is 1. The number of fused-ring (bicyclic) bond motifs is 1. The van der Waals surface area contributed by atoms with E-state index < -0.39 is 11.5 Å². The Morgan fingerprint density at radius 2 is 1.47 bits per heavy atom. The number of H-pyrrole nitrogens is 1. The van der Waals surface area contributed by atoms with E-state index in [1.54, 1.807) is 36.7 Å². The number of carbonyl (C=O) groups is 1. The standard InChI is InChI=1S/C30H19ClN4O3/c31-23-13-15-24(16-14-23)35(25-8-4-7-22(17-25)30(37)38)18-32-26-28(35)33-27(34-29(26)36)21-11-9-20(10-12-21)19-5-2-1-3-6-19/h1-18H,(H-,33,34,36,37,38)/p+1. The normalized spacial score (nSPS) is 15.8. The third-order valence-corrected chi connectivity index (χ3v) is 6.82. The van der Waals surface area contributed by atoms with Gasteiger partial charge >= 0.3 is 5.97 Å². The summed E-state index contributed by atoms with van der Waals surface area (Å²) in [5.74, 6) is -0.319. The van der Waals surface area contributed by atoms with E-state index in [0.29, 0.717) is 28.0 Å². The Morgan fingerprint density at radius 1 is 0.789 bits per heavy atom. The maximum atomic E-state index is 13.2. The van der Waals surface area contributed by atoms with Crippen LogP contribution in [0.15, 0.2) is 113 Å². The van der Waals surface area contributed by atoms with Gasteiger partial charge in [0.15, 0.2) is 5.69 Å². The summed E-state index contributed by atoms with van der Waals surface area (Å²) in [5.41, 5.74) is 3.99. The SMILES string of the molecule is O=C(O)c1cccc([N+]2(c3ccc(Cl)cc3)C=Nc3c2nc(-c2ccc(-c4ccccc4)cc2)[nH]c3=O)c1. The molecular formula is C30H20ClN4O3+. The van der Waals surface area contributed by atoms with Gasteiger partial charge in [-0.25, -0.2) is 4.79 Å². The van der Waals surface area contributed by atoms with Crippen molar-refractivity contribution in [1.82, 2.24) is 14.5 Å². The van der Waals surface area contributed by atoms with Gasteiger partial charge in [-0.2, -0.15) is 14.5 Å². The van der Waals surface area contributed by atoms with Crippen molar-refractivity contribution in [2.45, 2.75) is 0 Å². The molecule has 1 atom stereocenters. The predicted molar refractivity (Wildman–Crippen MR) is 150 cm³/mol. The molecule has 1 unspecified atom stereocenters. The molecular weight excluding hydrogens is 500 g/mol. The number of benzene rings is 4. The van der Waals surface area contributed by atoms with E-state index in [-0.39, 0.29) is 15.7 Å². The van der Waals surface area contributed by atoms with Crippen LogP contribution in [0.25, 0.3) is 22.5 Å². The minimum Gasteiger partial charge on any atom is -0.478 e. The number of carboxylic acid groups (broad SMARTS) is 1. The Morgan fingerprint density at radius 3 is 2.18 bits per heavy atom. The van der Waals surface area contributed by atoms with E-state index in [0.717, 1.165) is 16.7 Å². The van der Waals surface area contributed by atoms with E-state index in [1.165, 1.54) is 6.07 Å². The summed E-state index contributed by atoms with van der Waals surface area (Å²) in [6.07, 6.45) is 1.60. The molecule has 0 aliphatic carbocycles. The zero-order valence-corrected chi connectivity index (χ0v) is 20.6. The summed E-state index contributed by atoms with van der Waals surface area (Å²) in [4.78, 5) is 37.2. The van der Waals surface area contributed by atoms with E-state index in [4.69, 9.17) is 16.6 Å². The molecule has 2 heterocycles. The lowest BCUT2D eigenvalue weighted by molar-refractivity contribution is 0.0697. The number of nitrogens with one attached hydrogen (secondary N) is 1. The molecule has 6 rings (SSSR count). The maximum absolute atomic E-state index is 13.2. The average molecular weight is 520 g/mol. The molecule has 5 aromatic rings. The monoisotopic (exact) mass is 519 g/mol. The molecule has 1 aromatic heterocycles. The fraction of sp³-hybridized carbons (Fsp3) is 0. The lowest BCUT2D eigenvalue weighted by atomic mass is 10.0. The van der Waals surface area contributed by atoms with Crippen LogP contribution < -0.4 is 10.0 Å². The summed E-state index contributed by atoms with van der Waals surface area (Å²) in [6.45, 7) is 0. The minimum atomic E-state index is -1.06. The first-order valence-corrected chi connectivity index (χ1v) is 12.2. The van der Waals surface area contributed by atoms with Crippen LogP contribution in [0, 0.1) is 0 Å². The van der Waals surface area contributed by atoms with Gasteiger partial charge in [0.2, 0.25) is 12.0 Å². The zero-order valence-electron chi connectivity index (χ0n) is 19.9. The van der Waals surface area contributed by atoms with Crippen molar-refractivity contribution in [3.8, 4) is 22.5 Å². The van der Waals surface area contributed by atoms with Gasteiger partial charge in [0.1, 0.15) is 11.5 Å². The first-order valence-electron chi connectivity index (χ1n) is 11.8. The van der Waals surface area contributed by atoms with Crippen molar-refractivity contribution in [1.29, 1.82) is 0 Å². The van der Waals surface area contributed by atoms with Crippen LogP contribution >= 0.6 is 11.6 Å². The van der Waals surface area contributed by atoms with E-state index >= 15 is 0 Å². The number of rotatable bonds is 5. The molecule has 184 valence electrons. The smallest absolute Gasteiger partial charge is 0.335 e. The van der Waals surface area contributed by atoms with Gasteiger partial charge in [0, 0.05) is 34.9 Å². The molecule has 0 bridgehead atoms. The Hall–Kier alpha value is -4.85. The van der Waals surface area contributed by atoms with E-state index in [1.807, 2.05) is 66.7 Å². The highest BCUT2D eigenvalue weighted by Gasteiger charge is 2.45. The first kappa shape index (κ1) is 23.5. The molecule has 0 saturated heterocycles. The fourth-order valence-electron chi connectivity index (χ4n) is 4.67. The van der Waals surface area contributed by atoms with Gasteiger partial charge in [-0.15, -0.1) is 0 Å². The van der Waals surface area contributed by atoms with Gasteiger partial charge < -0.3 is 10.1 Å². The van der Waals surface area contributed by atoms with Crippen molar-refractivity contribution in [2.24, 2.45) is 4.99 Å². The summed E-state index contributed by atoms with van der Waals surface area (Å²) in [7, 11) is 0. The van der Waals surface area contributed by atoms with Crippen LogP contribution in [-0.2, 0) is 0 Å². The number of hydrogen-bond acceptors (Lipinski definition) is 4. The van der Waals surface area contributed by atoms with Crippen LogP contribution in [0.5, 0.6) is 0 Å². The van der Waals surface area contributed by atoms with Crippen LogP contribution in [0.2, 0.25) is 5.02 Å². The topological polar surface area (TPSA) is 95.4 Å². The Kier molecular flexibility index (Phi) is 5.72. The molecule has 0 saturated carbocycles. The highest BCUT2D eigenvalue weighted by molar-refractivity contribution is 6.30. The molecule has 0 fully saturated rings. The lowest BCUT2D eigenvalue weighted by Crippen LogP contribution is -2.36. The molecule has 0 radical (unpaired) electrons. The molecule has 4 aromatic carbocycles. The van der Waals surface area contributed by atoms with Crippen LogP contribution in [0.3, 0.4) is 0 Å². The average Bonchev–Trinajstić information content (AvgIpc) is 3.35. The van der Waals surface area contributed by atoms with E-state index in [2.05, 4.69) is 9.98 Å². The summed E-state index contributed by atoms with van der Waals surface area (Å²) in [5, 5.41) is 10.2. The molecule has 2 N–H and O–H groups in total. The van der Waals surface area contributed by atoms with Gasteiger partial charge in [-0.3, -0.25) is 4.79 Å². The number of hydrogen-bond donors (Lipinski definition) is 2. The summed E-state index contributed by atoms with van der Waals surface area (Å²) < 4.78 is -0.174. The number of quaternary nitrogens is 1. The Bertz CT molecular complexity index is 1770. The number of aromatic amines is 1. The molecule has 0 spiro atoms.